The van der Waals surface area contributed by atoms with E-state index in [0.29, 0.717) is 0 Å². The molecule has 2 aliphatic rings. The van der Waals surface area contributed by atoms with E-state index in [1.165, 1.54) is 18.2 Å². The number of carbonyl (C=O) groups excluding carboxylic acids is 1. The van der Waals surface area contributed by atoms with E-state index in [2.05, 4.69) is 38.9 Å². The van der Waals surface area contributed by atoms with Crippen LogP contribution in [0.2, 0.25) is 0 Å². The molecule has 1 aliphatic heterocycles. The van der Waals surface area contributed by atoms with Gasteiger partial charge >= 0.3 is 6.03 Å². The van der Waals surface area contributed by atoms with E-state index < -0.39 is 0 Å². The van der Waals surface area contributed by atoms with Gasteiger partial charge in [-0.2, -0.15) is 0 Å². The third-order valence-electron chi connectivity index (χ3n) is 5.33. The fourth-order valence-electron chi connectivity index (χ4n) is 4.00. The number of hydrogen-bond acceptors (Lipinski definition) is 5. The van der Waals surface area contributed by atoms with Crippen molar-refractivity contribution in [3.8, 4) is 11.1 Å². The molecule has 1 saturated heterocycles. The summed E-state index contributed by atoms with van der Waals surface area (Å²) in [6, 6.07) is 8.02. The van der Waals surface area contributed by atoms with Gasteiger partial charge in [-0.15, -0.1) is 0 Å². The Balaban J connectivity index is 1.64. The minimum Gasteiger partial charge on any atom is -0.379 e. The highest BCUT2D eigenvalue weighted by atomic mass is 16.6. The van der Waals surface area contributed by atoms with E-state index in [4.69, 9.17) is 9.57 Å². The van der Waals surface area contributed by atoms with Crippen molar-refractivity contribution in [1.82, 2.24) is 15.4 Å². The van der Waals surface area contributed by atoms with Gasteiger partial charge < -0.3 is 10.1 Å². The van der Waals surface area contributed by atoms with Gasteiger partial charge in [0.15, 0.2) is 0 Å². The minimum absolute atomic E-state index is 0.369. The molecule has 2 heterocycles. The second-order valence-corrected chi connectivity index (χ2v) is 7.16. The van der Waals surface area contributed by atoms with Gasteiger partial charge in [0.1, 0.15) is 0 Å². The van der Waals surface area contributed by atoms with E-state index in [0.717, 1.165) is 74.6 Å². The minimum atomic E-state index is -0.369. The van der Waals surface area contributed by atoms with Crippen molar-refractivity contribution in [2.75, 3.05) is 38.7 Å². The van der Waals surface area contributed by atoms with Crippen LogP contribution in [0.15, 0.2) is 30.5 Å². The van der Waals surface area contributed by atoms with Crippen LogP contribution in [0.1, 0.15) is 23.2 Å². The molecule has 0 spiro atoms. The molecular formula is C21H26N4O3. The Morgan fingerprint density at radius 1 is 1.25 bits per heavy atom. The summed E-state index contributed by atoms with van der Waals surface area (Å²) in [6.07, 6.45) is 4.97. The van der Waals surface area contributed by atoms with Crippen molar-refractivity contribution in [3.63, 3.8) is 0 Å². The number of hydrogen-bond donors (Lipinski definition) is 2. The first-order valence-electron chi connectivity index (χ1n) is 9.75. The van der Waals surface area contributed by atoms with Crippen LogP contribution in [-0.4, -0.2) is 49.3 Å². The Kier molecular flexibility index (Phi) is 5.85. The van der Waals surface area contributed by atoms with Gasteiger partial charge in [0.25, 0.3) is 0 Å². The Labute approximate surface area is 165 Å². The van der Waals surface area contributed by atoms with Crippen molar-refractivity contribution in [2.45, 2.75) is 25.8 Å². The van der Waals surface area contributed by atoms with Crippen LogP contribution in [-0.2, 0) is 29.0 Å². The number of rotatable bonds is 5. The molecule has 1 fully saturated rings. The highest BCUT2D eigenvalue weighted by Crippen LogP contribution is 2.37. The number of amides is 2. The van der Waals surface area contributed by atoms with Crippen LogP contribution in [0.3, 0.4) is 0 Å². The van der Waals surface area contributed by atoms with Crippen molar-refractivity contribution in [3.05, 3.63) is 47.3 Å². The number of nitrogens with zero attached hydrogens (tertiary/aromatic N) is 2. The number of ether oxygens (including phenoxy) is 1. The first-order valence-corrected chi connectivity index (χ1v) is 9.75. The van der Waals surface area contributed by atoms with E-state index in [1.54, 1.807) is 0 Å². The largest absolute Gasteiger partial charge is 0.379 e. The van der Waals surface area contributed by atoms with Crippen molar-refractivity contribution < 1.29 is 14.4 Å². The van der Waals surface area contributed by atoms with Crippen LogP contribution >= 0.6 is 0 Å². The maximum Gasteiger partial charge on any atom is 0.343 e. The van der Waals surface area contributed by atoms with Crippen LogP contribution in [0.25, 0.3) is 11.1 Å². The molecule has 4 rings (SSSR count). The zero-order valence-electron chi connectivity index (χ0n) is 16.2. The Hall–Kier alpha value is -2.48. The predicted octanol–water partition coefficient (Wildman–Crippen LogP) is 2.75. The molecule has 2 amide bonds. The highest BCUT2D eigenvalue weighted by molar-refractivity contribution is 5.96. The lowest BCUT2D eigenvalue weighted by Gasteiger charge is -2.26. The Morgan fingerprint density at radius 2 is 2.11 bits per heavy atom. The second-order valence-electron chi connectivity index (χ2n) is 7.16. The molecule has 1 aromatic heterocycles. The molecule has 7 heteroatoms. The van der Waals surface area contributed by atoms with Crippen LogP contribution in [0, 0.1) is 0 Å². The normalized spacial score (nSPS) is 16.6. The zero-order valence-corrected chi connectivity index (χ0v) is 16.2. The number of nitrogens with one attached hydrogen (secondary N) is 2. The molecule has 0 atom stereocenters. The summed E-state index contributed by atoms with van der Waals surface area (Å²) in [5.41, 5.74) is 8.83. The SMILES string of the molecule is CONC(=O)Nc1c(-c2ccnc(CN3CCOCC3)c2)ccc2c1CCC2. The predicted molar refractivity (Wildman–Crippen MR) is 107 cm³/mol. The number of benzene rings is 1. The molecule has 1 aliphatic carbocycles. The monoisotopic (exact) mass is 382 g/mol. The number of hydroxylamine groups is 1. The summed E-state index contributed by atoms with van der Waals surface area (Å²) in [5.74, 6) is 0. The average molecular weight is 382 g/mol. The number of anilines is 1. The number of morpholine rings is 1. The van der Waals surface area contributed by atoms with Crippen molar-refractivity contribution in [1.29, 1.82) is 0 Å². The van der Waals surface area contributed by atoms with Gasteiger partial charge in [0, 0.05) is 31.4 Å². The third-order valence-corrected chi connectivity index (χ3v) is 5.33. The molecule has 28 heavy (non-hydrogen) atoms. The van der Waals surface area contributed by atoms with Gasteiger partial charge in [-0.1, -0.05) is 12.1 Å². The molecule has 2 N–H and O–H groups in total. The topological polar surface area (TPSA) is 75.7 Å². The molecule has 0 saturated carbocycles. The van der Waals surface area contributed by atoms with Gasteiger partial charge in [-0.05, 0) is 48.1 Å². The molecule has 1 aromatic carbocycles. The van der Waals surface area contributed by atoms with Crippen LogP contribution < -0.4 is 10.8 Å². The maximum atomic E-state index is 12.1. The quantitative estimate of drug-likeness (QED) is 0.778. The van der Waals surface area contributed by atoms with Gasteiger partial charge in [0.2, 0.25) is 0 Å². The van der Waals surface area contributed by atoms with Gasteiger partial charge in [-0.25, -0.2) is 10.3 Å². The molecular weight excluding hydrogens is 356 g/mol. The number of pyridine rings is 1. The number of urea groups is 1. The molecule has 0 bridgehead atoms. The molecule has 7 nitrogen and oxygen atoms in total. The highest BCUT2D eigenvalue weighted by Gasteiger charge is 2.21. The Bertz CT molecular complexity index is 850. The van der Waals surface area contributed by atoms with Crippen LogP contribution in [0.5, 0.6) is 0 Å². The van der Waals surface area contributed by atoms with E-state index in [-0.39, 0.29) is 6.03 Å². The molecule has 0 unspecified atom stereocenters. The maximum absolute atomic E-state index is 12.1. The lowest BCUT2D eigenvalue weighted by Crippen LogP contribution is -2.35. The number of aryl methyl sites for hydroxylation is 1. The van der Waals surface area contributed by atoms with Crippen LogP contribution in [0.4, 0.5) is 10.5 Å². The smallest absolute Gasteiger partial charge is 0.343 e. The molecule has 148 valence electrons. The molecule has 2 aromatic rings. The standard InChI is InChI=1S/C21H26N4O3/c1-27-24-21(26)23-20-18-4-2-3-15(18)5-6-19(20)16-7-8-22-17(13-16)14-25-9-11-28-12-10-25/h5-8,13H,2-4,9-12,14H2,1H3,(H2,23,24,26). The molecule has 0 radical (unpaired) electrons. The average Bonchev–Trinajstić information content (AvgIpc) is 3.19. The lowest BCUT2D eigenvalue weighted by atomic mass is 9.97. The Morgan fingerprint density at radius 3 is 2.93 bits per heavy atom. The summed E-state index contributed by atoms with van der Waals surface area (Å²) in [5, 5.41) is 2.99. The van der Waals surface area contributed by atoms with Gasteiger partial charge in [-0.3, -0.25) is 14.7 Å². The van der Waals surface area contributed by atoms with Crippen molar-refractivity contribution in [2.24, 2.45) is 0 Å². The first-order chi connectivity index (χ1) is 13.7. The number of fused-ring (bicyclic) bond motifs is 1. The lowest BCUT2D eigenvalue weighted by molar-refractivity contribution is 0.0336. The van der Waals surface area contributed by atoms with E-state index in [1.807, 2.05) is 12.3 Å². The summed E-state index contributed by atoms with van der Waals surface area (Å²) < 4.78 is 5.43. The van der Waals surface area contributed by atoms with E-state index in [9.17, 15) is 4.79 Å². The first kappa shape index (κ1) is 18.9. The summed E-state index contributed by atoms with van der Waals surface area (Å²) >= 11 is 0. The van der Waals surface area contributed by atoms with E-state index >= 15 is 0 Å². The fourth-order valence-corrected chi connectivity index (χ4v) is 4.00. The second kappa shape index (κ2) is 8.68. The summed E-state index contributed by atoms with van der Waals surface area (Å²) in [6.45, 7) is 4.19. The fraction of sp³-hybridized carbons (Fsp3) is 0.429. The van der Waals surface area contributed by atoms with Crippen molar-refractivity contribution >= 4 is 11.7 Å². The summed E-state index contributed by atoms with van der Waals surface area (Å²) in [4.78, 5) is 23.8. The van der Waals surface area contributed by atoms with Gasteiger partial charge in [0.05, 0.1) is 31.7 Å². The third kappa shape index (κ3) is 4.16. The number of aromatic nitrogens is 1. The summed E-state index contributed by atoms with van der Waals surface area (Å²) in [7, 11) is 1.43. The number of carbonyl (C=O) groups is 1. The zero-order chi connectivity index (χ0) is 19.3.